The molecule has 1 atom stereocenters. The van der Waals surface area contributed by atoms with Gasteiger partial charge in [-0.1, -0.05) is 6.92 Å². The first kappa shape index (κ1) is 14.0. The summed E-state index contributed by atoms with van der Waals surface area (Å²) in [4.78, 5) is 0. The maximum absolute atomic E-state index is 12.3. The highest BCUT2D eigenvalue weighted by Crippen LogP contribution is 2.36. The Hall–Kier alpha value is -1.43. The summed E-state index contributed by atoms with van der Waals surface area (Å²) in [6, 6.07) is 2.95. The van der Waals surface area contributed by atoms with E-state index in [1.807, 2.05) is 6.92 Å². The van der Waals surface area contributed by atoms with Crippen LogP contribution < -0.4 is 9.47 Å². The molecule has 0 radical (unpaired) electrons. The van der Waals surface area contributed by atoms with Gasteiger partial charge < -0.3 is 14.2 Å². The van der Waals surface area contributed by atoms with Crippen molar-refractivity contribution in [3.8, 4) is 11.5 Å². The highest BCUT2D eigenvalue weighted by molar-refractivity contribution is 5.47. The minimum Gasteiger partial charge on any atom is -0.493 e. The molecule has 0 bridgehead atoms. The van der Waals surface area contributed by atoms with Crippen molar-refractivity contribution >= 4 is 0 Å². The highest BCUT2D eigenvalue weighted by atomic mass is 19.4. The Bertz CT molecular complexity index is 457. The molecular formula is C13H15F3O3. The average Bonchev–Trinajstić information content (AvgIpc) is 2.46. The predicted octanol–water partition coefficient (Wildman–Crippen LogP) is 3.30. The lowest BCUT2D eigenvalue weighted by molar-refractivity contribution is -0.275. The predicted molar refractivity (Wildman–Crippen MR) is 62.2 cm³/mol. The summed E-state index contributed by atoms with van der Waals surface area (Å²) in [5.74, 6) is 0.0189. The molecule has 1 heterocycles. The molecule has 0 spiro atoms. The van der Waals surface area contributed by atoms with Crippen molar-refractivity contribution < 1.29 is 27.4 Å². The minimum absolute atomic E-state index is 0.0641. The van der Waals surface area contributed by atoms with Gasteiger partial charge in [0.1, 0.15) is 0 Å². The maximum atomic E-state index is 12.3. The lowest BCUT2D eigenvalue weighted by Crippen LogP contribution is -2.18. The van der Waals surface area contributed by atoms with Crippen LogP contribution in [0.5, 0.6) is 11.5 Å². The Balaban J connectivity index is 2.38. The highest BCUT2D eigenvalue weighted by Gasteiger charge is 2.33. The summed E-state index contributed by atoms with van der Waals surface area (Å²) in [6.45, 7) is 2.96. The molecule has 1 aliphatic heterocycles. The SMILES string of the molecule is COc1cc2c(cc1OC(F)(F)F)CC(C)COC2. The van der Waals surface area contributed by atoms with Crippen molar-refractivity contribution in [3.63, 3.8) is 0 Å². The van der Waals surface area contributed by atoms with E-state index in [-0.39, 0.29) is 17.4 Å². The first-order chi connectivity index (χ1) is 8.89. The normalized spacial score (nSPS) is 19.5. The van der Waals surface area contributed by atoms with Gasteiger partial charge in [0.05, 0.1) is 13.7 Å². The second-order valence-electron chi connectivity index (χ2n) is 4.64. The molecule has 0 fully saturated rings. The van der Waals surface area contributed by atoms with Gasteiger partial charge in [0.25, 0.3) is 0 Å². The zero-order valence-electron chi connectivity index (χ0n) is 10.7. The van der Waals surface area contributed by atoms with Gasteiger partial charge in [-0.2, -0.15) is 0 Å². The van der Waals surface area contributed by atoms with Crippen molar-refractivity contribution in [2.75, 3.05) is 13.7 Å². The summed E-state index contributed by atoms with van der Waals surface area (Å²) in [6.07, 6.45) is -4.07. The van der Waals surface area contributed by atoms with Crippen molar-refractivity contribution in [1.82, 2.24) is 0 Å². The first-order valence-corrected chi connectivity index (χ1v) is 5.92. The number of hydrogen-bond acceptors (Lipinski definition) is 3. The Morgan fingerprint density at radius 3 is 2.53 bits per heavy atom. The van der Waals surface area contributed by atoms with Crippen LogP contribution in [-0.2, 0) is 17.8 Å². The van der Waals surface area contributed by atoms with Crippen LogP contribution in [0.15, 0.2) is 12.1 Å². The van der Waals surface area contributed by atoms with Gasteiger partial charge in [-0.15, -0.1) is 13.2 Å². The molecule has 0 N–H and O–H groups in total. The topological polar surface area (TPSA) is 27.7 Å². The summed E-state index contributed by atoms with van der Waals surface area (Å²) in [7, 11) is 1.31. The average molecular weight is 276 g/mol. The largest absolute Gasteiger partial charge is 0.573 e. The van der Waals surface area contributed by atoms with Crippen LogP contribution in [0.3, 0.4) is 0 Å². The van der Waals surface area contributed by atoms with Crippen LogP contribution in [0.1, 0.15) is 18.1 Å². The van der Waals surface area contributed by atoms with Crippen LogP contribution in [0.2, 0.25) is 0 Å². The molecule has 1 aromatic rings. The molecule has 0 saturated heterocycles. The smallest absolute Gasteiger partial charge is 0.493 e. The molecule has 106 valence electrons. The summed E-state index contributed by atoms with van der Waals surface area (Å²) < 4.78 is 51.4. The van der Waals surface area contributed by atoms with Crippen LogP contribution in [0.25, 0.3) is 0 Å². The number of fused-ring (bicyclic) bond motifs is 1. The van der Waals surface area contributed by atoms with Crippen LogP contribution in [0, 0.1) is 5.92 Å². The van der Waals surface area contributed by atoms with E-state index in [1.54, 1.807) is 6.07 Å². The molecule has 6 heteroatoms. The van der Waals surface area contributed by atoms with E-state index in [4.69, 9.17) is 9.47 Å². The van der Waals surface area contributed by atoms with Crippen molar-refractivity contribution in [2.45, 2.75) is 26.3 Å². The number of alkyl halides is 3. The molecule has 0 aromatic heterocycles. The number of benzene rings is 1. The number of rotatable bonds is 2. The molecule has 0 aliphatic carbocycles. The van der Waals surface area contributed by atoms with E-state index in [9.17, 15) is 13.2 Å². The van der Waals surface area contributed by atoms with Crippen molar-refractivity contribution in [3.05, 3.63) is 23.3 Å². The van der Waals surface area contributed by atoms with E-state index in [0.717, 1.165) is 11.1 Å². The van der Waals surface area contributed by atoms with Crippen LogP contribution in [-0.4, -0.2) is 20.1 Å². The monoisotopic (exact) mass is 276 g/mol. The molecule has 1 unspecified atom stereocenters. The standard InChI is InChI=1S/C13H15F3O3/c1-8-3-9-4-12(19-13(14,15)16)11(17-2)5-10(9)7-18-6-8/h4-5,8H,3,6-7H2,1-2H3. The molecule has 1 aliphatic rings. The lowest BCUT2D eigenvalue weighted by atomic mass is 9.98. The fourth-order valence-corrected chi connectivity index (χ4v) is 2.14. The number of ether oxygens (including phenoxy) is 3. The van der Waals surface area contributed by atoms with Gasteiger partial charge in [0, 0.05) is 6.61 Å². The van der Waals surface area contributed by atoms with Gasteiger partial charge >= 0.3 is 6.36 Å². The molecule has 0 amide bonds. The number of halogens is 3. The molecule has 19 heavy (non-hydrogen) atoms. The quantitative estimate of drug-likeness (QED) is 0.829. The van der Waals surface area contributed by atoms with E-state index in [2.05, 4.69) is 4.74 Å². The van der Waals surface area contributed by atoms with Crippen LogP contribution in [0.4, 0.5) is 13.2 Å². The third-order valence-corrected chi connectivity index (χ3v) is 2.94. The second kappa shape index (κ2) is 5.28. The van der Waals surface area contributed by atoms with Gasteiger partial charge in [-0.05, 0) is 35.6 Å². The zero-order chi connectivity index (χ0) is 14.0. The Morgan fingerprint density at radius 2 is 1.89 bits per heavy atom. The van der Waals surface area contributed by atoms with Gasteiger partial charge in [-0.3, -0.25) is 0 Å². The summed E-state index contributed by atoms with van der Waals surface area (Å²) in [5.41, 5.74) is 1.65. The Morgan fingerprint density at radius 1 is 1.21 bits per heavy atom. The van der Waals surface area contributed by atoms with Gasteiger partial charge in [0.2, 0.25) is 0 Å². The fraction of sp³-hybridized carbons (Fsp3) is 0.538. The van der Waals surface area contributed by atoms with Crippen molar-refractivity contribution in [1.29, 1.82) is 0 Å². The molecular weight excluding hydrogens is 261 g/mol. The van der Waals surface area contributed by atoms with E-state index in [1.165, 1.54) is 13.2 Å². The number of methoxy groups -OCH3 is 1. The summed E-state index contributed by atoms with van der Waals surface area (Å²) >= 11 is 0. The number of hydrogen-bond donors (Lipinski definition) is 0. The van der Waals surface area contributed by atoms with Crippen LogP contribution >= 0.6 is 0 Å². The van der Waals surface area contributed by atoms with E-state index in [0.29, 0.717) is 19.6 Å². The van der Waals surface area contributed by atoms with E-state index >= 15 is 0 Å². The molecule has 3 nitrogen and oxygen atoms in total. The zero-order valence-corrected chi connectivity index (χ0v) is 10.7. The molecule has 0 saturated carbocycles. The summed E-state index contributed by atoms with van der Waals surface area (Å²) in [5, 5.41) is 0. The minimum atomic E-state index is -4.73. The second-order valence-corrected chi connectivity index (χ2v) is 4.64. The Kier molecular flexibility index (Phi) is 3.89. The van der Waals surface area contributed by atoms with Gasteiger partial charge in [0.15, 0.2) is 11.5 Å². The third kappa shape index (κ3) is 3.53. The molecule has 1 aromatic carbocycles. The molecule has 2 rings (SSSR count). The third-order valence-electron chi connectivity index (χ3n) is 2.94. The lowest BCUT2D eigenvalue weighted by Gasteiger charge is -2.16. The maximum Gasteiger partial charge on any atom is 0.573 e. The van der Waals surface area contributed by atoms with Gasteiger partial charge in [-0.25, -0.2) is 0 Å². The van der Waals surface area contributed by atoms with E-state index < -0.39 is 6.36 Å². The first-order valence-electron chi connectivity index (χ1n) is 5.92. The van der Waals surface area contributed by atoms with Crippen molar-refractivity contribution in [2.24, 2.45) is 5.92 Å². The Labute approximate surface area is 109 Å². The fourth-order valence-electron chi connectivity index (χ4n) is 2.14.